The molecular formula is C17H15N3O10S3. The van der Waals surface area contributed by atoms with Crippen molar-refractivity contribution in [1.82, 2.24) is 0 Å². The first-order chi connectivity index (χ1) is 15.7. The van der Waals surface area contributed by atoms with E-state index in [0.29, 0.717) is 22.6 Å². The van der Waals surface area contributed by atoms with E-state index in [-0.39, 0.29) is 27.0 Å². The third-order valence-electron chi connectivity index (χ3n) is 4.22. The van der Waals surface area contributed by atoms with Gasteiger partial charge in [-0.2, -0.15) is 13.5 Å². The second kappa shape index (κ2) is 10.6. The molecule has 0 aliphatic carbocycles. The predicted octanol–water partition coefficient (Wildman–Crippen LogP) is 4.95. The Morgan fingerprint density at radius 2 is 1.61 bits per heavy atom. The van der Waals surface area contributed by atoms with Crippen molar-refractivity contribution in [3.8, 4) is 5.75 Å². The van der Waals surface area contributed by atoms with Gasteiger partial charge in [-0.3, -0.25) is 4.55 Å². The highest BCUT2D eigenvalue weighted by molar-refractivity contribution is 7.95. The number of hydrogen-bond acceptors (Lipinski definition) is 14. The van der Waals surface area contributed by atoms with Crippen molar-refractivity contribution >= 4 is 62.0 Å². The number of fused-ring (bicyclic) bond motifs is 1. The molecule has 0 amide bonds. The monoisotopic (exact) mass is 517 g/mol. The Bertz CT molecular complexity index is 1320. The second-order valence-corrected chi connectivity index (χ2v) is 9.07. The van der Waals surface area contributed by atoms with E-state index >= 15 is 0 Å². The van der Waals surface area contributed by atoms with Crippen molar-refractivity contribution in [1.29, 1.82) is 0 Å². The molecule has 0 aliphatic heterocycles. The molecule has 16 heteroatoms. The molecule has 13 nitrogen and oxygen atoms in total. The average Bonchev–Trinajstić information content (AvgIpc) is 2.76. The summed E-state index contributed by atoms with van der Waals surface area (Å²) in [6, 6.07) is 8.58. The van der Waals surface area contributed by atoms with Crippen LogP contribution in [-0.4, -0.2) is 28.6 Å². The molecule has 0 radical (unpaired) electrons. The molecule has 33 heavy (non-hydrogen) atoms. The summed E-state index contributed by atoms with van der Waals surface area (Å²) >= 11 is 1.10. The topological polar surface area (TPSA) is 203 Å². The Balaban J connectivity index is 2.16. The lowest BCUT2D eigenvalue weighted by molar-refractivity contribution is -0.432. The Morgan fingerprint density at radius 1 is 0.939 bits per heavy atom. The Kier molecular flexibility index (Phi) is 8.08. The van der Waals surface area contributed by atoms with Crippen LogP contribution < -0.4 is 5.73 Å². The minimum absolute atomic E-state index is 0.00585. The van der Waals surface area contributed by atoms with Gasteiger partial charge in [0.2, 0.25) is 0 Å². The molecule has 0 saturated carbocycles. The quantitative estimate of drug-likeness (QED) is 0.0637. The van der Waals surface area contributed by atoms with Crippen LogP contribution in [0.5, 0.6) is 5.75 Å². The number of aryl methyl sites for hydroxylation is 1. The molecule has 0 unspecified atom stereocenters. The number of nitrogens with two attached hydrogens (primary N) is 1. The SMILES string of the molecule is Cc1ccc(N=Nc2c(SOOO)cc3c(S(=O)(=O)O)c(N)ccc3c2O)cc1SOOO. The molecule has 0 bridgehead atoms. The first kappa shape index (κ1) is 25.1. The van der Waals surface area contributed by atoms with Crippen LogP contribution in [-0.2, 0) is 28.9 Å². The highest BCUT2D eigenvalue weighted by Gasteiger charge is 2.23. The van der Waals surface area contributed by atoms with E-state index in [1.54, 1.807) is 25.1 Å². The number of aromatic hydroxyl groups is 1. The molecule has 0 saturated heterocycles. The number of phenols is 1. The maximum absolute atomic E-state index is 11.8. The van der Waals surface area contributed by atoms with Gasteiger partial charge in [0.25, 0.3) is 10.1 Å². The van der Waals surface area contributed by atoms with Crippen LogP contribution in [0.1, 0.15) is 5.56 Å². The van der Waals surface area contributed by atoms with Gasteiger partial charge in [0.1, 0.15) is 10.6 Å². The van der Waals surface area contributed by atoms with Crippen LogP contribution in [0.2, 0.25) is 0 Å². The van der Waals surface area contributed by atoms with Gasteiger partial charge in [-0.1, -0.05) is 16.1 Å². The van der Waals surface area contributed by atoms with E-state index in [0.717, 1.165) is 17.6 Å². The van der Waals surface area contributed by atoms with Gasteiger partial charge >= 0.3 is 0 Å². The summed E-state index contributed by atoms with van der Waals surface area (Å²) in [5.74, 6) is -0.510. The minimum atomic E-state index is -4.76. The highest BCUT2D eigenvalue weighted by atomic mass is 32.2. The third kappa shape index (κ3) is 5.71. The number of anilines is 1. The summed E-state index contributed by atoms with van der Waals surface area (Å²) in [5.41, 5.74) is 6.38. The largest absolute Gasteiger partial charge is 0.505 e. The fourth-order valence-corrected chi connectivity index (χ4v) is 4.58. The lowest BCUT2D eigenvalue weighted by Gasteiger charge is -2.12. The minimum Gasteiger partial charge on any atom is -0.505 e. The molecule has 0 atom stereocenters. The van der Waals surface area contributed by atoms with E-state index in [4.69, 9.17) is 16.2 Å². The molecule has 0 spiro atoms. The molecular weight excluding hydrogens is 502 g/mol. The van der Waals surface area contributed by atoms with E-state index in [2.05, 4.69) is 29.0 Å². The number of nitrogen functional groups attached to an aromatic ring is 1. The lowest BCUT2D eigenvalue weighted by atomic mass is 10.1. The number of rotatable bonds is 9. The zero-order chi connectivity index (χ0) is 24.2. The Morgan fingerprint density at radius 3 is 2.24 bits per heavy atom. The van der Waals surface area contributed by atoms with Crippen molar-refractivity contribution < 1.29 is 47.3 Å². The molecule has 3 aromatic rings. The normalized spacial score (nSPS) is 12.1. The summed E-state index contributed by atoms with van der Waals surface area (Å²) in [7, 11) is -4.76. The van der Waals surface area contributed by atoms with Gasteiger partial charge < -0.3 is 10.8 Å². The summed E-state index contributed by atoms with van der Waals surface area (Å²) < 4.78 is 42.1. The lowest BCUT2D eigenvalue weighted by Crippen LogP contribution is -2.04. The Labute approximate surface area is 194 Å². The maximum Gasteiger partial charge on any atom is 0.297 e. The van der Waals surface area contributed by atoms with E-state index < -0.39 is 20.8 Å². The second-order valence-electron chi connectivity index (χ2n) is 6.23. The van der Waals surface area contributed by atoms with E-state index in [9.17, 15) is 18.1 Å². The summed E-state index contributed by atoms with van der Waals surface area (Å²) in [6.45, 7) is 1.78. The Hall–Kier alpha value is -2.51. The van der Waals surface area contributed by atoms with Gasteiger partial charge in [0.05, 0.1) is 40.4 Å². The fraction of sp³-hybridized carbons (Fsp3) is 0.0588. The van der Waals surface area contributed by atoms with Crippen molar-refractivity contribution in [3.63, 3.8) is 0 Å². The summed E-state index contributed by atoms with van der Waals surface area (Å²) in [6.07, 6.45) is 0. The molecule has 0 aromatic heterocycles. The van der Waals surface area contributed by atoms with E-state index in [1.807, 2.05) is 0 Å². The molecule has 3 rings (SSSR count). The van der Waals surface area contributed by atoms with E-state index in [1.165, 1.54) is 18.2 Å². The van der Waals surface area contributed by atoms with Gasteiger partial charge in [-0.05, 0) is 42.8 Å². The van der Waals surface area contributed by atoms with Gasteiger partial charge in [-0.25, -0.2) is 10.5 Å². The van der Waals surface area contributed by atoms with Crippen LogP contribution >= 0.6 is 24.1 Å². The van der Waals surface area contributed by atoms with Crippen LogP contribution in [0.25, 0.3) is 10.8 Å². The van der Waals surface area contributed by atoms with Crippen molar-refractivity contribution in [2.45, 2.75) is 21.6 Å². The van der Waals surface area contributed by atoms with Crippen LogP contribution in [0.3, 0.4) is 0 Å². The van der Waals surface area contributed by atoms with Gasteiger partial charge in [0, 0.05) is 15.7 Å². The standard InChI is InChI=1S/C17H15N3O10S3/c1-8-2-3-9(6-13(8)31-29-27-22)19-20-15-14(32-30-28-23)7-11-10(16(15)21)4-5-12(18)17(11)33(24,25)26/h2-7,21-23H,18H2,1H3,(H,24,25,26). The average molecular weight is 518 g/mol. The highest BCUT2D eigenvalue weighted by Crippen LogP contribution is 2.46. The number of hydrogen-bond donors (Lipinski definition) is 5. The van der Waals surface area contributed by atoms with Crippen molar-refractivity contribution in [2.75, 3.05) is 5.73 Å². The van der Waals surface area contributed by atoms with Crippen molar-refractivity contribution in [2.24, 2.45) is 10.2 Å². The first-order valence-corrected chi connectivity index (χ1v) is 11.5. The molecule has 0 heterocycles. The molecule has 0 aliphatic rings. The fourth-order valence-electron chi connectivity index (χ4n) is 2.81. The molecule has 6 N–H and O–H groups in total. The van der Waals surface area contributed by atoms with Crippen molar-refractivity contribution in [3.05, 3.63) is 42.0 Å². The number of nitrogens with zero attached hydrogens (tertiary/aromatic N) is 2. The predicted molar refractivity (Wildman–Crippen MR) is 117 cm³/mol. The smallest absolute Gasteiger partial charge is 0.297 e. The zero-order valence-corrected chi connectivity index (χ0v) is 18.8. The number of phenolic OH excluding ortho intramolecular Hbond substituents is 1. The van der Waals surface area contributed by atoms with Crippen LogP contribution in [0, 0.1) is 6.92 Å². The molecule has 0 fully saturated rings. The third-order valence-corrected chi connectivity index (χ3v) is 6.56. The van der Waals surface area contributed by atoms with Gasteiger partial charge in [-0.15, -0.1) is 13.8 Å². The van der Waals surface area contributed by atoms with Gasteiger partial charge in [0.15, 0.2) is 5.75 Å². The summed E-state index contributed by atoms with van der Waals surface area (Å²) in [4.78, 5) is -0.119. The summed E-state index contributed by atoms with van der Waals surface area (Å²) in [5, 5.41) is 42.7. The zero-order valence-electron chi connectivity index (χ0n) is 16.4. The number of azo groups is 1. The van der Waals surface area contributed by atoms with Crippen LogP contribution in [0.4, 0.5) is 17.1 Å². The molecule has 3 aromatic carbocycles. The molecule has 176 valence electrons. The number of benzene rings is 3. The first-order valence-electron chi connectivity index (χ1n) is 8.55. The van der Waals surface area contributed by atoms with Crippen LogP contribution in [0.15, 0.2) is 61.3 Å². The maximum atomic E-state index is 11.8.